The average Bonchev–Trinajstić information content (AvgIpc) is 3.77. The molecule has 0 fully saturated rings. The zero-order valence-corrected chi connectivity index (χ0v) is 30.1. The van der Waals surface area contributed by atoms with Crippen LogP contribution >= 0.6 is 0 Å². The zero-order valence-electron chi connectivity index (χ0n) is 29.1. The van der Waals surface area contributed by atoms with Crippen molar-refractivity contribution in [1.82, 2.24) is 24.2 Å². The van der Waals surface area contributed by atoms with E-state index >= 15 is 0 Å². The van der Waals surface area contributed by atoms with Gasteiger partial charge in [-0.2, -0.15) is 0 Å². The molecule has 0 N–H and O–H groups in total. The first-order valence-electron chi connectivity index (χ1n) is 18.2. The van der Waals surface area contributed by atoms with Crippen molar-refractivity contribution < 1.29 is 0 Å². The van der Waals surface area contributed by atoms with Gasteiger partial charge in [0.2, 0.25) is 0 Å². The number of benzene rings is 8. The van der Waals surface area contributed by atoms with Crippen LogP contribution in [0.4, 0.5) is 0 Å². The summed E-state index contributed by atoms with van der Waals surface area (Å²) in [5.74, 6) is 2.96. The SMILES string of the molecule is c1ccc(-c2nc(-c3ccccc3)nc(-c3ccc([Si]4(c5cccc6ccccc56)c5ccccc5-c5nc6ccccc6n54)c4ccccc34)n2)cc1. The second-order valence-corrected chi connectivity index (χ2v) is 17.3. The fourth-order valence-corrected chi connectivity index (χ4v) is 14.1. The Kier molecular flexibility index (Phi) is 6.81. The first kappa shape index (κ1) is 30.6. The standard InChI is InChI=1S/C48H31N5Si/c1-3-17-33(18-4-1)45-50-46(34-19-5-2-6-20-34)52-47(51-45)38-30-31-44(37-24-10-9-23-36(37)38)54(42-29-15-21-32-16-7-8-22-35(32)42)43-28-14-11-25-39(43)48-49-40-26-12-13-27-41(40)53(48)54/h1-31H. The zero-order chi connectivity index (χ0) is 35.6. The molecule has 0 aliphatic carbocycles. The molecular formula is C48H31N5Si. The molecule has 10 aromatic rings. The molecule has 3 heterocycles. The predicted octanol–water partition coefficient (Wildman–Crippen LogP) is 9.02. The van der Waals surface area contributed by atoms with E-state index in [1.165, 1.54) is 37.3 Å². The summed E-state index contributed by atoms with van der Waals surface area (Å²) in [6.45, 7) is 0. The number of para-hydroxylation sites is 2. The van der Waals surface area contributed by atoms with Gasteiger partial charge in [-0.05, 0) is 49.2 Å². The molecular weight excluding hydrogens is 675 g/mol. The number of hydrogen-bond donors (Lipinski definition) is 0. The minimum Gasteiger partial charge on any atom is -0.339 e. The lowest BCUT2D eigenvalue weighted by Gasteiger charge is -2.34. The van der Waals surface area contributed by atoms with Gasteiger partial charge in [0.05, 0.1) is 11.0 Å². The second-order valence-electron chi connectivity index (χ2n) is 13.8. The highest BCUT2D eigenvalue weighted by molar-refractivity contribution is 7.14. The van der Waals surface area contributed by atoms with Gasteiger partial charge in [0.1, 0.15) is 5.82 Å². The van der Waals surface area contributed by atoms with Gasteiger partial charge in [0, 0.05) is 22.3 Å². The molecule has 1 atom stereocenters. The van der Waals surface area contributed by atoms with Gasteiger partial charge in [-0.25, -0.2) is 19.9 Å². The molecule has 6 heteroatoms. The van der Waals surface area contributed by atoms with E-state index in [9.17, 15) is 0 Å². The van der Waals surface area contributed by atoms with Crippen LogP contribution in [0.15, 0.2) is 188 Å². The molecule has 252 valence electrons. The summed E-state index contributed by atoms with van der Waals surface area (Å²) in [7, 11) is -3.12. The smallest absolute Gasteiger partial charge is 0.261 e. The van der Waals surface area contributed by atoms with Crippen molar-refractivity contribution in [1.29, 1.82) is 0 Å². The molecule has 1 aliphatic rings. The maximum absolute atomic E-state index is 5.35. The Hall–Kier alpha value is -7.02. The van der Waals surface area contributed by atoms with Gasteiger partial charge in [-0.15, -0.1) is 0 Å². The van der Waals surface area contributed by atoms with Crippen LogP contribution in [0.3, 0.4) is 0 Å². The van der Waals surface area contributed by atoms with E-state index in [2.05, 4.69) is 156 Å². The second kappa shape index (κ2) is 12.0. The van der Waals surface area contributed by atoms with E-state index in [0.29, 0.717) is 17.5 Å². The van der Waals surface area contributed by atoms with Crippen molar-refractivity contribution in [2.75, 3.05) is 0 Å². The van der Waals surface area contributed by atoms with Gasteiger partial charge in [-0.3, -0.25) is 0 Å². The van der Waals surface area contributed by atoms with Gasteiger partial charge in [0.15, 0.2) is 17.5 Å². The summed E-state index contributed by atoms with van der Waals surface area (Å²) in [5.41, 5.74) is 6.21. The quantitative estimate of drug-likeness (QED) is 0.168. The van der Waals surface area contributed by atoms with Crippen LogP contribution in [0.25, 0.3) is 78.1 Å². The third-order valence-corrected chi connectivity index (χ3v) is 15.7. The molecule has 0 saturated carbocycles. The molecule has 0 radical (unpaired) electrons. The molecule has 54 heavy (non-hydrogen) atoms. The first-order chi connectivity index (χ1) is 26.8. The van der Waals surface area contributed by atoms with Crippen molar-refractivity contribution >= 4 is 56.4 Å². The number of rotatable bonds is 5. The number of fused-ring (bicyclic) bond motifs is 7. The molecule has 2 aromatic heterocycles. The van der Waals surface area contributed by atoms with E-state index in [1.54, 1.807) is 0 Å². The lowest BCUT2D eigenvalue weighted by atomic mass is 10.0. The molecule has 0 spiro atoms. The highest BCUT2D eigenvalue weighted by atomic mass is 28.3. The summed E-state index contributed by atoms with van der Waals surface area (Å²) in [6.07, 6.45) is 0. The lowest BCUT2D eigenvalue weighted by molar-refractivity contribution is 1.08. The van der Waals surface area contributed by atoms with Crippen LogP contribution in [0.2, 0.25) is 0 Å². The summed E-state index contributed by atoms with van der Waals surface area (Å²) in [5, 5.41) is 8.74. The normalized spacial score (nSPS) is 14.7. The summed E-state index contributed by atoms with van der Waals surface area (Å²) in [6, 6.07) is 66.9. The Morgan fingerprint density at radius 3 is 1.69 bits per heavy atom. The van der Waals surface area contributed by atoms with Crippen molar-refractivity contribution in [2.24, 2.45) is 0 Å². The molecule has 5 nitrogen and oxygen atoms in total. The number of aromatic nitrogens is 5. The topological polar surface area (TPSA) is 56.5 Å². The average molecular weight is 706 g/mol. The summed E-state index contributed by atoms with van der Waals surface area (Å²) < 4.78 is 2.63. The van der Waals surface area contributed by atoms with Crippen LogP contribution < -0.4 is 15.6 Å². The monoisotopic (exact) mass is 705 g/mol. The molecule has 1 aliphatic heterocycles. The van der Waals surface area contributed by atoms with Gasteiger partial charge in [0.25, 0.3) is 8.24 Å². The summed E-state index contributed by atoms with van der Waals surface area (Å²) >= 11 is 0. The van der Waals surface area contributed by atoms with Gasteiger partial charge < -0.3 is 4.23 Å². The molecule has 11 rings (SSSR count). The Morgan fingerprint density at radius 2 is 0.907 bits per heavy atom. The van der Waals surface area contributed by atoms with E-state index in [0.717, 1.165) is 38.9 Å². The number of imidazole rings is 1. The Morgan fingerprint density at radius 1 is 0.352 bits per heavy atom. The Balaban J connectivity index is 1.26. The fourth-order valence-electron chi connectivity index (χ4n) is 8.62. The fraction of sp³-hybridized carbons (Fsp3) is 0. The molecule has 0 saturated heterocycles. The van der Waals surface area contributed by atoms with Crippen LogP contribution in [0.1, 0.15) is 0 Å². The molecule has 0 bridgehead atoms. The van der Waals surface area contributed by atoms with Crippen LogP contribution in [-0.2, 0) is 0 Å². The third-order valence-electron chi connectivity index (χ3n) is 10.9. The number of hydrogen-bond acceptors (Lipinski definition) is 4. The van der Waals surface area contributed by atoms with Gasteiger partial charge >= 0.3 is 0 Å². The van der Waals surface area contributed by atoms with E-state index in [-0.39, 0.29) is 0 Å². The van der Waals surface area contributed by atoms with Crippen molar-refractivity contribution in [3.8, 4) is 45.6 Å². The van der Waals surface area contributed by atoms with Crippen molar-refractivity contribution in [3.05, 3.63) is 188 Å². The lowest BCUT2D eigenvalue weighted by Crippen LogP contribution is -2.70. The van der Waals surface area contributed by atoms with Crippen molar-refractivity contribution in [3.63, 3.8) is 0 Å². The van der Waals surface area contributed by atoms with Crippen LogP contribution in [-0.4, -0.2) is 32.4 Å². The largest absolute Gasteiger partial charge is 0.339 e. The van der Waals surface area contributed by atoms with Crippen molar-refractivity contribution in [2.45, 2.75) is 0 Å². The molecule has 8 aromatic carbocycles. The highest BCUT2D eigenvalue weighted by Crippen LogP contribution is 2.38. The Labute approximate surface area is 313 Å². The molecule has 1 unspecified atom stereocenters. The van der Waals surface area contributed by atoms with Crippen LogP contribution in [0.5, 0.6) is 0 Å². The maximum atomic E-state index is 5.35. The first-order valence-corrected chi connectivity index (χ1v) is 20.2. The van der Waals surface area contributed by atoms with E-state index in [1.807, 2.05) is 36.4 Å². The minimum atomic E-state index is -3.12. The maximum Gasteiger partial charge on any atom is 0.261 e. The molecule has 0 amide bonds. The predicted molar refractivity (Wildman–Crippen MR) is 223 cm³/mol. The highest BCUT2D eigenvalue weighted by Gasteiger charge is 2.52. The van der Waals surface area contributed by atoms with Crippen LogP contribution in [0, 0.1) is 0 Å². The van der Waals surface area contributed by atoms with E-state index < -0.39 is 8.24 Å². The van der Waals surface area contributed by atoms with Gasteiger partial charge in [-0.1, -0.05) is 176 Å². The van der Waals surface area contributed by atoms with E-state index in [4.69, 9.17) is 19.9 Å². The third kappa shape index (κ3) is 4.44. The summed E-state index contributed by atoms with van der Waals surface area (Å²) in [4.78, 5) is 20.7. The minimum absolute atomic E-state index is 0.645. The number of nitrogens with zero attached hydrogens (tertiary/aromatic N) is 5. The Bertz CT molecular complexity index is 3000.